The van der Waals surface area contributed by atoms with E-state index in [0.29, 0.717) is 30.6 Å². The number of piperidine rings is 2. The Kier molecular flexibility index (Phi) is 6.90. The number of imide groups is 1. The highest BCUT2D eigenvalue weighted by Crippen LogP contribution is 2.43. The monoisotopic (exact) mass is 565 g/mol. The molecule has 4 aliphatic rings. The lowest BCUT2D eigenvalue weighted by Crippen LogP contribution is -2.60. The predicted molar refractivity (Wildman–Crippen MR) is 157 cm³/mol. The standard InChI is InChI=1S/C33H35N5O4/c39-30-9-8-29(31(40)35-30)38-18-24-16-26(6-7-28(24)32(38)41)37-21-33(22-37)11-14-36(15-12-33)19-25-17-27(10-13-34-25)42-20-23-4-2-1-3-5-23/h1-7,10,13,16-17,29H,8-9,11-12,14-15,18-22H2,(H,35,39,40). The number of hydrogen-bond acceptors (Lipinski definition) is 7. The number of amides is 3. The van der Waals surface area contributed by atoms with Crippen LogP contribution < -0.4 is 15.0 Å². The largest absolute Gasteiger partial charge is 0.489 e. The Labute approximate surface area is 245 Å². The summed E-state index contributed by atoms with van der Waals surface area (Å²) in [6.07, 6.45) is 4.79. The van der Waals surface area contributed by atoms with Crippen LogP contribution in [-0.2, 0) is 29.3 Å². The average molecular weight is 566 g/mol. The van der Waals surface area contributed by atoms with Gasteiger partial charge in [0.2, 0.25) is 11.8 Å². The highest BCUT2D eigenvalue weighted by Gasteiger charge is 2.45. The van der Waals surface area contributed by atoms with Crippen LogP contribution in [0.3, 0.4) is 0 Å². The van der Waals surface area contributed by atoms with Gasteiger partial charge in [0.15, 0.2) is 0 Å². The fraction of sp³-hybridized carbons (Fsp3) is 0.394. The minimum Gasteiger partial charge on any atom is -0.489 e. The van der Waals surface area contributed by atoms with Crippen molar-refractivity contribution < 1.29 is 19.1 Å². The summed E-state index contributed by atoms with van der Waals surface area (Å²) in [5, 5.41) is 2.37. The summed E-state index contributed by atoms with van der Waals surface area (Å²) >= 11 is 0. The van der Waals surface area contributed by atoms with Gasteiger partial charge in [0.25, 0.3) is 5.91 Å². The number of aromatic nitrogens is 1. The zero-order valence-electron chi connectivity index (χ0n) is 23.6. The Hall–Kier alpha value is -4.24. The van der Waals surface area contributed by atoms with Gasteiger partial charge in [0.05, 0.1) is 5.69 Å². The normalized spacial score (nSPS) is 21.7. The van der Waals surface area contributed by atoms with Crippen molar-refractivity contribution in [3.05, 3.63) is 89.2 Å². The number of benzene rings is 2. The van der Waals surface area contributed by atoms with E-state index >= 15 is 0 Å². The van der Waals surface area contributed by atoms with Crippen LogP contribution in [0.4, 0.5) is 5.69 Å². The molecule has 5 heterocycles. The predicted octanol–water partition coefficient (Wildman–Crippen LogP) is 3.52. The third kappa shape index (κ3) is 5.25. The van der Waals surface area contributed by atoms with Crippen molar-refractivity contribution in [2.45, 2.75) is 51.4 Å². The van der Waals surface area contributed by atoms with Crippen LogP contribution >= 0.6 is 0 Å². The number of carbonyl (C=O) groups is 3. The van der Waals surface area contributed by atoms with Crippen molar-refractivity contribution in [1.82, 2.24) is 20.1 Å². The van der Waals surface area contributed by atoms with Gasteiger partial charge >= 0.3 is 0 Å². The van der Waals surface area contributed by atoms with E-state index in [2.05, 4.69) is 44.4 Å². The number of pyridine rings is 1. The molecule has 1 unspecified atom stereocenters. The van der Waals surface area contributed by atoms with Crippen LogP contribution in [0.25, 0.3) is 0 Å². The van der Waals surface area contributed by atoms with Gasteiger partial charge in [-0.2, -0.15) is 0 Å². The zero-order chi connectivity index (χ0) is 28.7. The van der Waals surface area contributed by atoms with E-state index in [0.717, 1.165) is 73.8 Å². The van der Waals surface area contributed by atoms with Gasteiger partial charge in [0.1, 0.15) is 18.4 Å². The van der Waals surface area contributed by atoms with Gasteiger partial charge in [-0.15, -0.1) is 0 Å². The van der Waals surface area contributed by atoms with Gasteiger partial charge < -0.3 is 14.5 Å². The molecule has 3 amide bonds. The van der Waals surface area contributed by atoms with Crippen LogP contribution in [-0.4, -0.2) is 64.7 Å². The van der Waals surface area contributed by atoms with Crippen molar-refractivity contribution in [3.63, 3.8) is 0 Å². The number of carbonyl (C=O) groups excluding carboxylic acids is 3. The first kappa shape index (κ1) is 26.6. The van der Waals surface area contributed by atoms with Gasteiger partial charge in [-0.25, -0.2) is 0 Å². The Bertz CT molecular complexity index is 1510. The van der Waals surface area contributed by atoms with Gasteiger partial charge in [-0.1, -0.05) is 30.3 Å². The van der Waals surface area contributed by atoms with Gasteiger partial charge in [0, 0.05) is 61.5 Å². The van der Waals surface area contributed by atoms with E-state index in [-0.39, 0.29) is 24.1 Å². The minimum atomic E-state index is -0.581. The maximum atomic E-state index is 13.0. The third-order valence-electron chi connectivity index (χ3n) is 9.26. The minimum absolute atomic E-state index is 0.124. The number of likely N-dealkylation sites (tertiary alicyclic amines) is 1. The SMILES string of the molecule is O=C1CCC(N2Cc3cc(N4CC5(CCN(Cc6cc(OCc7ccccc7)ccn6)CC5)C4)ccc3C2=O)C(=O)N1. The fourth-order valence-corrected chi connectivity index (χ4v) is 6.81. The topological polar surface area (TPSA) is 95.1 Å². The fourth-order valence-electron chi connectivity index (χ4n) is 6.81. The second-order valence-corrected chi connectivity index (χ2v) is 12.1. The van der Waals surface area contributed by atoms with E-state index in [4.69, 9.17) is 4.74 Å². The number of nitrogens with one attached hydrogen (secondary N) is 1. The molecule has 1 atom stereocenters. The number of rotatable bonds is 7. The second kappa shape index (κ2) is 10.9. The van der Waals surface area contributed by atoms with Crippen LogP contribution in [0, 0.1) is 5.41 Å². The molecule has 0 aliphatic carbocycles. The molecular weight excluding hydrogens is 530 g/mol. The van der Waals surface area contributed by atoms with Crippen molar-refractivity contribution >= 4 is 23.4 Å². The van der Waals surface area contributed by atoms with Crippen LogP contribution in [0.1, 0.15) is 52.9 Å². The molecule has 0 bridgehead atoms. The number of ether oxygens (including phenoxy) is 1. The summed E-state index contributed by atoms with van der Waals surface area (Å²) in [7, 11) is 0. The molecule has 1 spiro atoms. The highest BCUT2D eigenvalue weighted by molar-refractivity contribution is 6.05. The third-order valence-corrected chi connectivity index (χ3v) is 9.26. The molecule has 1 N–H and O–H groups in total. The van der Waals surface area contributed by atoms with E-state index in [1.54, 1.807) is 4.90 Å². The Morgan fingerprint density at radius 1 is 0.976 bits per heavy atom. The molecule has 0 radical (unpaired) electrons. The van der Waals surface area contributed by atoms with Crippen molar-refractivity contribution in [3.8, 4) is 5.75 Å². The van der Waals surface area contributed by atoms with E-state index in [1.165, 1.54) is 0 Å². The van der Waals surface area contributed by atoms with Crippen molar-refractivity contribution in [2.75, 3.05) is 31.1 Å². The maximum Gasteiger partial charge on any atom is 0.255 e. The van der Waals surface area contributed by atoms with Crippen LogP contribution in [0.15, 0.2) is 66.9 Å². The lowest BCUT2D eigenvalue weighted by molar-refractivity contribution is -0.136. The lowest BCUT2D eigenvalue weighted by Gasteiger charge is -2.55. The lowest BCUT2D eigenvalue weighted by atomic mass is 9.71. The molecule has 42 heavy (non-hydrogen) atoms. The molecule has 9 heteroatoms. The molecule has 2 aromatic carbocycles. The molecule has 4 aliphatic heterocycles. The molecule has 3 aromatic rings. The smallest absolute Gasteiger partial charge is 0.255 e. The van der Waals surface area contributed by atoms with Gasteiger partial charge in [-0.05, 0) is 67.7 Å². The molecule has 3 saturated heterocycles. The summed E-state index contributed by atoms with van der Waals surface area (Å²) in [6, 6.07) is 19.6. The van der Waals surface area contributed by atoms with Crippen LogP contribution in [0.2, 0.25) is 0 Å². The first-order chi connectivity index (χ1) is 20.4. The number of anilines is 1. The summed E-state index contributed by atoms with van der Waals surface area (Å²) in [6.45, 7) is 5.91. The van der Waals surface area contributed by atoms with Crippen molar-refractivity contribution in [2.24, 2.45) is 5.41 Å². The molecule has 0 saturated carbocycles. The molecule has 3 fully saturated rings. The quantitative estimate of drug-likeness (QED) is 0.438. The second-order valence-electron chi connectivity index (χ2n) is 12.1. The van der Waals surface area contributed by atoms with E-state index in [9.17, 15) is 14.4 Å². The van der Waals surface area contributed by atoms with Crippen LogP contribution in [0.5, 0.6) is 5.75 Å². The number of hydrogen-bond donors (Lipinski definition) is 1. The van der Waals surface area contributed by atoms with Gasteiger partial charge in [-0.3, -0.25) is 29.6 Å². The molecule has 7 rings (SSSR count). The summed E-state index contributed by atoms with van der Waals surface area (Å²) in [4.78, 5) is 48.0. The average Bonchev–Trinajstić information content (AvgIpc) is 3.31. The first-order valence-corrected chi connectivity index (χ1v) is 14.8. The van der Waals surface area contributed by atoms with E-state index < -0.39 is 6.04 Å². The van der Waals surface area contributed by atoms with Crippen molar-refractivity contribution in [1.29, 1.82) is 0 Å². The first-order valence-electron chi connectivity index (χ1n) is 14.8. The number of nitrogens with zero attached hydrogens (tertiary/aromatic N) is 4. The molecule has 216 valence electrons. The Balaban J connectivity index is 0.910. The Morgan fingerprint density at radius 2 is 1.79 bits per heavy atom. The summed E-state index contributed by atoms with van der Waals surface area (Å²) in [5.41, 5.74) is 5.27. The summed E-state index contributed by atoms with van der Waals surface area (Å²) in [5.74, 6) is 0.0864. The number of fused-ring (bicyclic) bond motifs is 1. The Morgan fingerprint density at radius 3 is 2.57 bits per heavy atom. The molecule has 1 aromatic heterocycles. The van der Waals surface area contributed by atoms with E-state index in [1.807, 2.05) is 42.6 Å². The zero-order valence-corrected chi connectivity index (χ0v) is 23.6. The molecule has 9 nitrogen and oxygen atoms in total. The summed E-state index contributed by atoms with van der Waals surface area (Å²) < 4.78 is 6.00. The maximum absolute atomic E-state index is 13.0. The molecular formula is C33H35N5O4. The highest BCUT2D eigenvalue weighted by atomic mass is 16.5.